The topological polar surface area (TPSA) is 16.1 Å². The number of nitrogens with zero attached hydrogens (tertiary/aromatic N) is 2. The zero-order valence-corrected chi connectivity index (χ0v) is 18.1. The number of hydrogen-bond donors (Lipinski definition) is 0. The molecule has 0 amide bonds. The van der Waals surface area contributed by atoms with Gasteiger partial charge in [0.15, 0.2) is 0 Å². The van der Waals surface area contributed by atoms with Gasteiger partial charge in [-0.15, -0.1) is 11.3 Å². The Kier molecular flexibility index (Phi) is 6.67. The van der Waals surface area contributed by atoms with Crippen molar-refractivity contribution in [1.82, 2.24) is 9.88 Å². The minimum absolute atomic E-state index is 0.738. The first-order valence-corrected chi connectivity index (χ1v) is 11.3. The summed E-state index contributed by atoms with van der Waals surface area (Å²) < 4.78 is 0. The van der Waals surface area contributed by atoms with Gasteiger partial charge in [0.25, 0.3) is 0 Å². The summed E-state index contributed by atoms with van der Waals surface area (Å²) in [5.41, 5.74) is 4.21. The maximum atomic E-state index is 5.95. The van der Waals surface area contributed by atoms with Crippen molar-refractivity contribution in [2.45, 2.75) is 19.8 Å². The van der Waals surface area contributed by atoms with E-state index in [0.29, 0.717) is 0 Å². The summed E-state index contributed by atoms with van der Waals surface area (Å²) >= 11 is 7.65. The number of thiophene rings is 1. The standard InChI is InChI=1S/C25H24ClN2S/c1-19-10-13-28(14-11-19)15-12-20-16-25(29-18-20)9-8-24-7-4-22(17-27-24)21-2-5-23(26)6-3-21/h2-7,12,16-19H,10-11,13-15H2,1H3. The van der Waals surface area contributed by atoms with Crippen molar-refractivity contribution in [1.29, 1.82) is 0 Å². The molecule has 29 heavy (non-hydrogen) atoms. The molecule has 1 fully saturated rings. The molecule has 4 rings (SSSR count). The van der Waals surface area contributed by atoms with Gasteiger partial charge in [0.1, 0.15) is 5.69 Å². The number of pyridine rings is 1. The van der Waals surface area contributed by atoms with Crippen LogP contribution in [0.15, 0.2) is 54.0 Å². The first kappa shape index (κ1) is 20.2. The van der Waals surface area contributed by atoms with Crippen LogP contribution in [0.4, 0.5) is 0 Å². The van der Waals surface area contributed by atoms with Crippen LogP contribution in [0.1, 0.15) is 35.9 Å². The van der Waals surface area contributed by atoms with Gasteiger partial charge in [0.05, 0.1) is 4.88 Å². The Morgan fingerprint density at radius 1 is 1.10 bits per heavy atom. The van der Waals surface area contributed by atoms with Gasteiger partial charge < -0.3 is 4.90 Å². The predicted octanol–water partition coefficient (Wildman–Crippen LogP) is 6.15. The fraction of sp³-hybridized carbons (Fsp3) is 0.280. The second-order valence-corrected chi connectivity index (χ2v) is 8.97. The molecule has 4 heteroatoms. The SMILES string of the molecule is CC1CCN(C[CH]c2csc(C#Cc3ccc(-c4ccc(Cl)cc4)cn3)c2)CC1. The van der Waals surface area contributed by atoms with E-state index in [4.69, 9.17) is 11.6 Å². The van der Waals surface area contributed by atoms with Gasteiger partial charge in [-0.05, 0) is 84.5 Å². The highest BCUT2D eigenvalue weighted by Gasteiger charge is 2.15. The van der Waals surface area contributed by atoms with Crippen molar-refractivity contribution in [3.05, 3.63) is 81.6 Å². The molecule has 0 atom stereocenters. The summed E-state index contributed by atoms with van der Waals surface area (Å²) in [5, 5.41) is 2.93. The van der Waals surface area contributed by atoms with E-state index in [2.05, 4.69) is 46.5 Å². The average Bonchev–Trinajstić information content (AvgIpc) is 3.21. The molecule has 0 aliphatic carbocycles. The van der Waals surface area contributed by atoms with Gasteiger partial charge >= 0.3 is 0 Å². The van der Waals surface area contributed by atoms with Crippen LogP contribution in [0.2, 0.25) is 5.02 Å². The molecule has 0 saturated carbocycles. The predicted molar refractivity (Wildman–Crippen MR) is 123 cm³/mol. The van der Waals surface area contributed by atoms with Crippen molar-refractivity contribution in [3.63, 3.8) is 0 Å². The largest absolute Gasteiger partial charge is 0.303 e. The molecule has 1 saturated heterocycles. The second-order valence-electron chi connectivity index (χ2n) is 7.62. The van der Waals surface area contributed by atoms with Crippen LogP contribution in [0.5, 0.6) is 0 Å². The number of rotatable bonds is 4. The smallest absolute Gasteiger partial charge is 0.113 e. The lowest BCUT2D eigenvalue weighted by molar-refractivity contribution is 0.206. The summed E-state index contributed by atoms with van der Waals surface area (Å²) in [6.45, 7) is 5.81. The Morgan fingerprint density at radius 2 is 1.86 bits per heavy atom. The van der Waals surface area contributed by atoms with E-state index in [0.717, 1.165) is 39.2 Å². The van der Waals surface area contributed by atoms with Crippen molar-refractivity contribution in [2.24, 2.45) is 5.92 Å². The zero-order chi connectivity index (χ0) is 20.1. The molecule has 2 nitrogen and oxygen atoms in total. The van der Waals surface area contributed by atoms with Crippen molar-refractivity contribution < 1.29 is 0 Å². The van der Waals surface area contributed by atoms with E-state index in [1.807, 2.05) is 42.6 Å². The number of halogens is 1. The van der Waals surface area contributed by atoms with Crippen LogP contribution < -0.4 is 0 Å². The molecule has 1 aromatic carbocycles. The lowest BCUT2D eigenvalue weighted by atomic mass is 9.99. The molecule has 1 radical (unpaired) electrons. The van der Waals surface area contributed by atoms with Crippen molar-refractivity contribution in [2.75, 3.05) is 19.6 Å². The van der Waals surface area contributed by atoms with E-state index in [-0.39, 0.29) is 0 Å². The number of piperidine rings is 1. The molecule has 3 heterocycles. The molecular weight excluding hydrogens is 396 g/mol. The highest BCUT2D eigenvalue weighted by atomic mass is 35.5. The average molecular weight is 420 g/mol. The normalized spacial score (nSPS) is 15.1. The molecule has 0 spiro atoms. The van der Waals surface area contributed by atoms with Crippen LogP contribution in [0, 0.1) is 24.2 Å². The quantitative estimate of drug-likeness (QED) is 0.471. The molecule has 2 aromatic heterocycles. The molecule has 0 bridgehead atoms. The highest BCUT2D eigenvalue weighted by Crippen LogP contribution is 2.21. The number of likely N-dealkylation sites (tertiary alicyclic amines) is 1. The van der Waals surface area contributed by atoms with Crippen LogP contribution in [-0.4, -0.2) is 29.5 Å². The Labute approximate surface area is 182 Å². The summed E-state index contributed by atoms with van der Waals surface area (Å²) in [5.74, 6) is 7.30. The Bertz CT molecular complexity index is 988. The van der Waals surface area contributed by atoms with Crippen molar-refractivity contribution >= 4 is 22.9 Å². The monoisotopic (exact) mass is 419 g/mol. The third kappa shape index (κ3) is 5.70. The van der Waals surface area contributed by atoms with Gasteiger partial charge in [-0.25, -0.2) is 4.98 Å². The van der Waals surface area contributed by atoms with Crippen LogP contribution in [-0.2, 0) is 0 Å². The van der Waals surface area contributed by atoms with Gasteiger partial charge in [-0.1, -0.05) is 36.7 Å². The van der Waals surface area contributed by atoms with Gasteiger partial charge in [-0.3, -0.25) is 0 Å². The van der Waals surface area contributed by atoms with Crippen LogP contribution in [0.25, 0.3) is 11.1 Å². The fourth-order valence-electron chi connectivity index (χ4n) is 3.41. The van der Waals surface area contributed by atoms with Gasteiger partial charge in [0, 0.05) is 29.7 Å². The summed E-state index contributed by atoms with van der Waals surface area (Å²) in [6, 6.07) is 14.0. The molecule has 1 aliphatic rings. The maximum absolute atomic E-state index is 5.95. The second kappa shape index (κ2) is 9.59. The van der Waals surface area contributed by atoms with Crippen LogP contribution in [0.3, 0.4) is 0 Å². The van der Waals surface area contributed by atoms with E-state index in [1.54, 1.807) is 11.3 Å². The summed E-state index contributed by atoms with van der Waals surface area (Å²) in [7, 11) is 0. The van der Waals surface area contributed by atoms with Gasteiger partial charge in [0.2, 0.25) is 0 Å². The third-order valence-electron chi connectivity index (χ3n) is 5.34. The molecule has 0 unspecified atom stereocenters. The summed E-state index contributed by atoms with van der Waals surface area (Å²) in [6.07, 6.45) is 6.81. The van der Waals surface area contributed by atoms with Crippen molar-refractivity contribution in [3.8, 4) is 23.0 Å². The van der Waals surface area contributed by atoms with E-state index in [9.17, 15) is 0 Å². The Balaban J connectivity index is 1.34. The minimum atomic E-state index is 0.738. The lowest BCUT2D eigenvalue weighted by Gasteiger charge is -2.29. The number of benzene rings is 1. The third-order valence-corrected chi connectivity index (χ3v) is 6.45. The maximum Gasteiger partial charge on any atom is 0.113 e. The molecular formula is C25H24ClN2S. The first-order valence-electron chi connectivity index (χ1n) is 10.0. The Morgan fingerprint density at radius 3 is 2.59 bits per heavy atom. The van der Waals surface area contributed by atoms with E-state index < -0.39 is 0 Å². The summed E-state index contributed by atoms with van der Waals surface area (Å²) in [4.78, 5) is 8.10. The first-order chi connectivity index (χ1) is 14.2. The minimum Gasteiger partial charge on any atom is -0.303 e. The lowest BCUT2D eigenvalue weighted by Crippen LogP contribution is -2.33. The number of hydrogen-bond acceptors (Lipinski definition) is 3. The number of aromatic nitrogens is 1. The fourth-order valence-corrected chi connectivity index (χ4v) is 4.28. The molecule has 1 aliphatic heterocycles. The highest BCUT2D eigenvalue weighted by molar-refractivity contribution is 7.10. The van der Waals surface area contributed by atoms with Crippen LogP contribution >= 0.6 is 22.9 Å². The molecule has 0 N–H and O–H groups in total. The molecule has 3 aromatic rings. The molecule has 147 valence electrons. The van der Waals surface area contributed by atoms with E-state index in [1.165, 1.54) is 31.5 Å². The van der Waals surface area contributed by atoms with E-state index >= 15 is 0 Å². The Hall–Kier alpha value is -2.12. The van der Waals surface area contributed by atoms with Gasteiger partial charge in [-0.2, -0.15) is 0 Å². The zero-order valence-electron chi connectivity index (χ0n) is 16.6.